The fourth-order valence-electron chi connectivity index (χ4n) is 2.33. The van der Waals surface area contributed by atoms with Crippen molar-refractivity contribution in [3.63, 3.8) is 0 Å². The third-order valence-electron chi connectivity index (χ3n) is 3.59. The molecule has 0 radical (unpaired) electrons. The third kappa shape index (κ3) is 3.86. The van der Waals surface area contributed by atoms with Crippen molar-refractivity contribution in [3.05, 3.63) is 23.8 Å². The van der Waals surface area contributed by atoms with Crippen molar-refractivity contribution in [2.45, 2.75) is 25.4 Å². The molecule has 1 aromatic rings. The van der Waals surface area contributed by atoms with E-state index < -0.39 is 5.60 Å². The molecule has 1 aromatic carbocycles. The molecular formula is C15H22N2O4. The van der Waals surface area contributed by atoms with E-state index in [2.05, 4.69) is 5.32 Å². The van der Waals surface area contributed by atoms with Gasteiger partial charge in [-0.1, -0.05) is 6.07 Å². The number of carbonyl (C=O) groups excluding carboxylic acids is 1. The maximum Gasteiger partial charge on any atom is 0.257 e. The number of ether oxygens (including phenoxy) is 2. The Kier molecular flexibility index (Phi) is 5.03. The molecule has 1 amide bonds. The molecule has 4 N–H and O–H groups in total. The van der Waals surface area contributed by atoms with Gasteiger partial charge in [0.15, 0.2) is 0 Å². The van der Waals surface area contributed by atoms with Crippen molar-refractivity contribution < 1.29 is 19.4 Å². The second kappa shape index (κ2) is 6.78. The van der Waals surface area contributed by atoms with Gasteiger partial charge in [0, 0.05) is 38.3 Å². The van der Waals surface area contributed by atoms with Gasteiger partial charge < -0.3 is 25.6 Å². The molecule has 0 atom stereocenters. The van der Waals surface area contributed by atoms with Crippen LogP contribution in [-0.2, 0) is 4.74 Å². The second-order valence-corrected chi connectivity index (χ2v) is 5.17. The van der Waals surface area contributed by atoms with Gasteiger partial charge in [-0.15, -0.1) is 0 Å². The number of hydrogen-bond acceptors (Lipinski definition) is 5. The Hall–Kier alpha value is -1.79. The highest BCUT2D eigenvalue weighted by atomic mass is 16.5. The first-order chi connectivity index (χ1) is 10.1. The first-order valence-electron chi connectivity index (χ1n) is 7.15. The maximum absolute atomic E-state index is 12.3. The SMILES string of the molecule is CCOc1cccc(N)c1C(=O)NCC1(O)CCOCC1. The van der Waals surface area contributed by atoms with Crippen LogP contribution in [0.5, 0.6) is 5.75 Å². The highest BCUT2D eigenvalue weighted by Crippen LogP contribution is 2.25. The van der Waals surface area contributed by atoms with Gasteiger partial charge in [-0.2, -0.15) is 0 Å². The van der Waals surface area contributed by atoms with E-state index >= 15 is 0 Å². The van der Waals surface area contributed by atoms with Crippen LogP contribution < -0.4 is 15.8 Å². The number of rotatable bonds is 5. The summed E-state index contributed by atoms with van der Waals surface area (Å²) < 4.78 is 10.6. The highest BCUT2D eigenvalue weighted by molar-refractivity contribution is 6.01. The predicted octanol–water partition coefficient (Wildman–Crippen LogP) is 0.939. The van der Waals surface area contributed by atoms with Gasteiger partial charge in [0.25, 0.3) is 5.91 Å². The van der Waals surface area contributed by atoms with Gasteiger partial charge in [0.2, 0.25) is 0 Å². The molecule has 21 heavy (non-hydrogen) atoms. The van der Waals surface area contributed by atoms with Crippen LogP contribution in [0, 0.1) is 0 Å². The summed E-state index contributed by atoms with van der Waals surface area (Å²) in [5.41, 5.74) is 5.63. The summed E-state index contributed by atoms with van der Waals surface area (Å²) in [5, 5.41) is 13.1. The van der Waals surface area contributed by atoms with E-state index in [1.165, 1.54) is 0 Å². The quantitative estimate of drug-likeness (QED) is 0.703. The summed E-state index contributed by atoms with van der Waals surface area (Å²) >= 11 is 0. The van der Waals surface area contributed by atoms with Crippen molar-refractivity contribution in [1.29, 1.82) is 0 Å². The van der Waals surface area contributed by atoms with Gasteiger partial charge in [0.1, 0.15) is 11.3 Å². The zero-order valence-electron chi connectivity index (χ0n) is 12.2. The van der Waals surface area contributed by atoms with Crippen LogP contribution in [0.25, 0.3) is 0 Å². The van der Waals surface area contributed by atoms with Crippen LogP contribution in [0.2, 0.25) is 0 Å². The molecule has 6 nitrogen and oxygen atoms in total. The number of nitrogens with one attached hydrogen (secondary N) is 1. The fraction of sp³-hybridized carbons (Fsp3) is 0.533. The molecule has 0 aliphatic carbocycles. The van der Waals surface area contributed by atoms with E-state index in [0.717, 1.165) is 0 Å². The van der Waals surface area contributed by atoms with Gasteiger partial charge in [-0.05, 0) is 19.1 Å². The summed E-state index contributed by atoms with van der Waals surface area (Å²) in [6.45, 7) is 3.48. The number of nitrogen functional groups attached to an aromatic ring is 1. The molecule has 1 aliphatic heterocycles. The first kappa shape index (κ1) is 15.6. The monoisotopic (exact) mass is 294 g/mol. The Morgan fingerprint density at radius 3 is 2.86 bits per heavy atom. The van der Waals surface area contributed by atoms with Crippen molar-refractivity contribution in [1.82, 2.24) is 5.32 Å². The van der Waals surface area contributed by atoms with Crippen LogP contribution in [0.1, 0.15) is 30.1 Å². The molecule has 0 bridgehead atoms. The molecular weight excluding hydrogens is 272 g/mol. The van der Waals surface area contributed by atoms with E-state index in [4.69, 9.17) is 15.2 Å². The molecule has 1 fully saturated rings. The number of amides is 1. The molecule has 1 saturated heterocycles. The smallest absolute Gasteiger partial charge is 0.257 e. The molecule has 116 valence electrons. The van der Waals surface area contributed by atoms with E-state index in [1.54, 1.807) is 18.2 Å². The Bertz CT molecular complexity index is 498. The van der Waals surface area contributed by atoms with Crippen molar-refractivity contribution in [2.24, 2.45) is 0 Å². The first-order valence-corrected chi connectivity index (χ1v) is 7.15. The Morgan fingerprint density at radius 1 is 1.48 bits per heavy atom. The van der Waals surface area contributed by atoms with E-state index in [1.807, 2.05) is 6.92 Å². The average Bonchev–Trinajstić information content (AvgIpc) is 2.46. The molecule has 1 heterocycles. The molecule has 2 rings (SSSR count). The summed E-state index contributed by atoms with van der Waals surface area (Å²) in [7, 11) is 0. The molecule has 1 aliphatic rings. The van der Waals surface area contributed by atoms with Crippen LogP contribution in [0.3, 0.4) is 0 Å². The number of carbonyl (C=O) groups is 1. The van der Waals surface area contributed by atoms with Crippen molar-refractivity contribution in [2.75, 3.05) is 32.1 Å². The standard InChI is InChI=1S/C15H22N2O4/c1-2-21-12-5-3-4-11(16)13(12)14(18)17-10-15(19)6-8-20-9-7-15/h3-5,19H,2,6-10,16H2,1H3,(H,17,18). The van der Waals surface area contributed by atoms with Gasteiger partial charge in [-0.3, -0.25) is 4.79 Å². The van der Waals surface area contributed by atoms with Crippen LogP contribution in [-0.4, -0.2) is 43.0 Å². The van der Waals surface area contributed by atoms with E-state index in [0.29, 0.717) is 49.7 Å². The lowest BCUT2D eigenvalue weighted by Crippen LogP contribution is -2.46. The summed E-state index contributed by atoms with van der Waals surface area (Å²) in [4.78, 5) is 12.3. The zero-order valence-corrected chi connectivity index (χ0v) is 12.2. The van der Waals surface area contributed by atoms with Gasteiger partial charge >= 0.3 is 0 Å². The largest absolute Gasteiger partial charge is 0.493 e. The topological polar surface area (TPSA) is 93.8 Å². The van der Waals surface area contributed by atoms with Crippen molar-refractivity contribution >= 4 is 11.6 Å². The number of benzene rings is 1. The third-order valence-corrected chi connectivity index (χ3v) is 3.59. The minimum Gasteiger partial charge on any atom is -0.493 e. The minimum atomic E-state index is -0.913. The molecule has 6 heteroatoms. The Morgan fingerprint density at radius 2 is 2.19 bits per heavy atom. The number of anilines is 1. The van der Waals surface area contributed by atoms with Gasteiger partial charge in [-0.25, -0.2) is 0 Å². The van der Waals surface area contributed by atoms with E-state index in [9.17, 15) is 9.90 Å². The number of aliphatic hydroxyl groups is 1. The Labute approximate surface area is 124 Å². The normalized spacial score (nSPS) is 17.2. The second-order valence-electron chi connectivity index (χ2n) is 5.17. The maximum atomic E-state index is 12.3. The van der Waals surface area contributed by atoms with Crippen molar-refractivity contribution in [3.8, 4) is 5.75 Å². The molecule has 0 spiro atoms. The Balaban J connectivity index is 2.06. The molecule has 0 aromatic heterocycles. The predicted molar refractivity (Wildman–Crippen MR) is 79.4 cm³/mol. The van der Waals surface area contributed by atoms with Crippen LogP contribution in [0.4, 0.5) is 5.69 Å². The lowest BCUT2D eigenvalue weighted by molar-refractivity contribution is -0.0605. The summed E-state index contributed by atoms with van der Waals surface area (Å²) in [5.74, 6) is 0.116. The number of hydrogen-bond donors (Lipinski definition) is 3. The lowest BCUT2D eigenvalue weighted by atomic mass is 9.94. The summed E-state index contributed by atoms with van der Waals surface area (Å²) in [6.07, 6.45) is 1.02. The molecule has 0 unspecified atom stereocenters. The van der Waals surface area contributed by atoms with Gasteiger partial charge in [0.05, 0.1) is 12.2 Å². The van der Waals surface area contributed by atoms with E-state index in [-0.39, 0.29) is 12.5 Å². The fourth-order valence-corrected chi connectivity index (χ4v) is 2.33. The molecule has 0 saturated carbocycles. The minimum absolute atomic E-state index is 0.176. The van der Waals surface area contributed by atoms with Crippen LogP contribution >= 0.6 is 0 Å². The summed E-state index contributed by atoms with van der Waals surface area (Å²) in [6, 6.07) is 5.10. The number of nitrogens with two attached hydrogens (primary N) is 1. The highest BCUT2D eigenvalue weighted by Gasteiger charge is 2.30. The average molecular weight is 294 g/mol. The van der Waals surface area contributed by atoms with Crippen LogP contribution in [0.15, 0.2) is 18.2 Å². The zero-order chi connectivity index (χ0) is 15.3. The lowest BCUT2D eigenvalue weighted by Gasteiger charge is -2.32.